The van der Waals surface area contributed by atoms with Gasteiger partial charge in [-0.05, 0) is 39.3 Å². The molecule has 1 saturated heterocycles. The van der Waals surface area contributed by atoms with E-state index in [2.05, 4.69) is 15.0 Å². The molecule has 0 aliphatic carbocycles. The molecule has 1 fully saturated rings. The van der Waals surface area contributed by atoms with E-state index in [9.17, 15) is 8.42 Å². The zero-order chi connectivity index (χ0) is 14.6. The van der Waals surface area contributed by atoms with Crippen LogP contribution in [-0.4, -0.2) is 44.4 Å². The molecule has 0 radical (unpaired) electrons. The highest BCUT2D eigenvalue weighted by molar-refractivity contribution is 7.87. The smallest absolute Gasteiger partial charge is 0.279 e. The molecule has 1 aliphatic rings. The van der Waals surface area contributed by atoms with Gasteiger partial charge < -0.3 is 5.32 Å². The summed E-state index contributed by atoms with van der Waals surface area (Å²) in [6.07, 6.45) is 3.59. The molecule has 0 bridgehead atoms. The Kier molecular flexibility index (Phi) is 5.50. The number of nitrogens with zero attached hydrogens (tertiary/aromatic N) is 2. The lowest BCUT2D eigenvalue weighted by molar-refractivity contribution is 0.268. The van der Waals surface area contributed by atoms with Crippen molar-refractivity contribution in [3.05, 3.63) is 16.1 Å². The molecule has 0 saturated carbocycles. The van der Waals surface area contributed by atoms with E-state index in [-0.39, 0.29) is 6.54 Å². The number of hydrogen-bond donors (Lipinski definition) is 2. The van der Waals surface area contributed by atoms with Crippen LogP contribution in [0.15, 0.2) is 6.20 Å². The molecule has 8 heteroatoms. The first-order valence-electron chi connectivity index (χ1n) is 6.82. The predicted molar refractivity (Wildman–Crippen MR) is 80.8 cm³/mol. The van der Waals surface area contributed by atoms with E-state index < -0.39 is 10.2 Å². The Labute approximate surface area is 124 Å². The van der Waals surface area contributed by atoms with Crippen molar-refractivity contribution in [2.24, 2.45) is 5.92 Å². The molecule has 2 N–H and O–H groups in total. The Morgan fingerprint density at radius 3 is 2.70 bits per heavy atom. The Balaban J connectivity index is 1.85. The fourth-order valence-corrected chi connectivity index (χ4v) is 4.38. The first-order chi connectivity index (χ1) is 9.51. The highest BCUT2D eigenvalue weighted by Gasteiger charge is 2.27. The molecule has 6 nitrogen and oxygen atoms in total. The van der Waals surface area contributed by atoms with Crippen LogP contribution in [0.3, 0.4) is 0 Å². The molecule has 1 aromatic rings. The van der Waals surface area contributed by atoms with Gasteiger partial charge in [-0.2, -0.15) is 17.4 Å². The lowest BCUT2D eigenvalue weighted by atomic mass is 9.98. The fourth-order valence-electron chi connectivity index (χ4n) is 2.37. The summed E-state index contributed by atoms with van der Waals surface area (Å²) < 4.78 is 28.6. The molecule has 0 amide bonds. The first kappa shape index (κ1) is 15.8. The third-order valence-electron chi connectivity index (χ3n) is 3.48. The van der Waals surface area contributed by atoms with E-state index in [4.69, 9.17) is 0 Å². The molecular formula is C12H22N4O2S2. The van der Waals surface area contributed by atoms with Crippen molar-refractivity contribution >= 4 is 21.5 Å². The lowest BCUT2D eigenvalue weighted by Gasteiger charge is -2.30. The maximum atomic E-state index is 12.2. The summed E-state index contributed by atoms with van der Waals surface area (Å²) >= 11 is 1.52. The third kappa shape index (κ3) is 4.23. The van der Waals surface area contributed by atoms with Crippen LogP contribution in [0.1, 0.15) is 22.7 Å². The van der Waals surface area contributed by atoms with E-state index >= 15 is 0 Å². The van der Waals surface area contributed by atoms with Gasteiger partial charge in [-0.25, -0.2) is 4.98 Å². The van der Waals surface area contributed by atoms with E-state index in [1.54, 1.807) is 10.5 Å². The number of rotatable bonds is 6. The number of aryl methyl sites for hydroxylation is 1. The molecule has 2 rings (SSSR count). The van der Waals surface area contributed by atoms with Gasteiger partial charge >= 0.3 is 0 Å². The van der Waals surface area contributed by atoms with E-state index in [0.717, 1.165) is 29.3 Å². The Morgan fingerprint density at radius 2 is 2.15 bits per heavy atom. The summed E-state index contributed by atoms with van der Waals surface area (Å²) in [5.74, 6) is 0.577. The molecule has 20 heavy (non-hydrogen) atoms. The topological polar surface area (TPSA) is 74.3 Å². The van der Waals surface area contributed by atoms with Crippen LogP contribution >= 0.6 is 11.3 Å². The van der Waals surface area contributed by atoms with Gasteiger partial charge in [0.25, 0.3) is 10.2 Å². The molecule has 0 aromatic carbocycles. The van der Waals surface area contributed by atoms with Crippen LogP contribution in [0, 0.1) is 12.8 Å². The molecular weight excluding hydrogens is 296 g/mol. The zero-order valence-electron chi connectivity index (χ0n) is 11.9. The van der Waals surface area contributed by atoms with Crippen molar-refractivity contribution in [3.63, 3.8) is 0 Å². The minimum Gasteiger partial charge on any atom is -0.319 e. The van der Waals surface area contributed by atoms with Crippen LogP contribution in [0.2, 0.25) is 0 Å². The third-order valence-corrected chi connectivity index (χ3v) is 5.95. The van der Waals surface area contributed by atoms with Gasteiger partial charge in [-0.1, -0.05) is 0 Å². The van der Waals surface area contributed by atoms with E-state index in [0.29, 0.717) is 19.0 Å². The molecule has 0 atom stereocenters. The van der Waals surface area contributed by atoms with Crippen LogP contribution < -0.4 is 10.0 Å². The van der Waals surface area contributed by atoms with Gasteiger partial charge in [0.05, 0.1) is 6.54 Å². The van der Waals surface area contributed by atoms with Crippen molar-refractivity contribution in [2.75, 3.05) is 26.7 Å². The lowest BCUT2D eigenvalue weighted by Crippen LogP contribution is -2.45. The summed E-state index contributed by atoms with van der Waals surface area (Å²) in [4.78, 5) is 5.26. The van der Waals surface area contributed by atoms with E-state index in [1.807, 2.05) is 14.0 Å². The molecule has 1 aliphatic heterocycles. The van der Waals surface area contributed by atoms with Crippen LogP contribution in [-0.2, 0) is 16.8 Å². The SMILES string of the molecule is CNCC1CCN(S(=O)(=O)NCc2ncc(C)s2)CC1. The van der Waals surface area contributed by atoms with Gasteiger partial charge in [-0.3, -0.25) is 0 Å². The quantitative estimate of drug-likeness (QED) is 0.810. The van der Waals surface area contributed by atoms with Gasteiger partial charge in [0.1, 0.15) is 5.01 Å². The highest BCUT2D eigenvalue weighted by atomic mass is 32.2. The van der Waals surface area contributed by atoms with Gasteiger partial charge in [0.2, 0.25) is 0 Å². The Hall–Kier alpha value is -0.540. The minimum absolute atomic E-state index is 0.275. The number of piperidine rings is 1. The summed E-state index contributed by atoms with van der Waals surface area (Å²) in [6, 6.07) is 0. The predicted octanol–water partition coefficient (Wildman–Crippen LogP) is 0.717. The first-order valence-corrected chi connectivity index (χ1v) is 9.07. The van der Waals surface area contributed by atoms with Crippen molar-refractivity contribution in [2.45, 2.75) is 26.3 Å². The summed E-state index contributed by atoms with van der Waals surface area (Å²) in [7, 11) is -1.45. The second-order valence-corrected chi connectivity index (χ2v) is 8.17. The van der Waals surface area contributed by atoms with Crippen LogP contribution in [0.4, 0.5) is 0 Å². The average Bonchev–Trinajstić information content (AvgIpc) is 2.84. The molecule has 0 spiro atoms. The zero-order valence-corrected chi connectivity index (χ0v) is 13.6. The Bertz CT molecular complexity index is 521. The largest absolute Gasteiger partial charge is 0.319 e. The molecule has 2 heterocycles. The van der Waals surface area contributed by atoms with Crippen LogP contribution in [0.25, 0.3) is 0 Å². The summed E-state index contributed by atoms with van der Waals surface area (Å²) in [5, 5.41) is 3.95. The summed E-state index contributed by atoms with van der Waals surface area (Å²) in [6.45, 7) is 4.39. The molecule has 114 valence electrons. The number of hydrogen-bond acceptors (Lipinski definition) is 5. The monoisotopic (exact) mass is 318 g/mol. The van der Waals surface area contributed by atoms with Gasteiger partial charge in [0, 0.05) is 24.2 Å². The second kappa shape index (κ2) is 6.95. The number of thiazole rings is 1. The van der Waals surface area contributed by atoms with Crippen molar-refractivity contribution in [3.8, 4) is 0 Å². The average molecular weight is 318 g/mol. The normalized spacial score (nSPS) is 18.5. The standard InChI is InChI=1S/C12H22N4O2S2/c1-10-7-14-12(19-10)9-15-20(17,18)16-5-3-11(4-6-16)8-13-2/h7,11,13,15H,3-6,8-9H2,1-2H3. The highest BCUT2D eigenvalue weighted by Crippen LogP contribution is 2.18. The second-order valence-electron chi connectivity index (χ2n) is 5.09. The van der Waals surface area contributed by atoms with Gasteiger partial charge in [0.15, 0.2) is 0 Å². The summed E-state index contributed by atoms with van der Waals surface area (Å²) in [5.41, 5.74) is 0. The number of nitrogens with one attached hydrogen (secondary N) is 2. The van der Waals surface area contributed by atoms with Crippen molar-refractivity contribution in [1.29, 1.82) is 0 Å². The molecule has 1 aromatic heterocycles. The van der Waals surface area contributed by atoms with Crippen molar-refractivity contribution in [1.82, 2.24) is 19.3 Å². The van der Waals surface area contributed by atoms with Gasteiger partial charge in [-0.15, -0.1) is 11.3 Å². The molecule has 0 unspecified atom stereocenters. The minimum atomic E-state index is -3.38. The van der Waals surface area contributed by atoms with Crippen molar-refractivity contribution < 1.29 is 8.42 Å². The maximum Gasteiger partial charge on any atom is 0.279 e. The maximum absolute atomic E-state index is 12.2. The number of aromatic nitrogens is 1. The Morgan fingerprint density at radius 1 is 1.45 bits per heavy atom. The fraction of sp³-hybridized carbons (Fsp3) is 0.750. The van der Waals surface area contributed by atoms with Crippen LogP contribution in [0.5, 0.6) is 0 Å². The van der Waals surface area contributed by atoms with E-state index in [1.165, 1.54) is 11.3 Å².